The Morgan fingerprint density at radius 3 is 2.43 bits per heavy atom. The number of aliphatic hydroxyl groups is 1. The summed E-state index contributed by atoms with van der Waals surface area (Å²) in [6.45, 7) is 3.92. The van der Waals surface area contributed by atoms with Gasteiger partial charge < -0.3 is 14.9 Å². The van der Waals surface area contributed by atoms with E-state index in [1.54, 1.807) is 12.1 Å². The minimum Gasteiger partial charge on any atom is -0.387 e. The van der Waals surface area contributed by atoms with Gasteiger partial charge in [-0.2, -0.15) is 0 Å². The molecule has 0 aromatic heterocycles. The molecule has 2 heterocycles. The highest BCUT2D eigenvalue weighted by Crippen LogP contribution is 2.27. The average Bonchev–Trinajstić information content (AvgIpc) is 3.00. The molecule has 2 aromatic carbocycles. The number of likely N-dealkylation sites (tertiary alicyclic amines) is 1. The summed E-state index contributed by atoms with van der Waals surface area (Å²) in [6, 6.07) is 13.9. The maximum atomic E-state index is 13.0. The summed E-state index contributed by atoms with van der Waals surface area (Å²) in [5, 5.41) is 10.4. The third kappa shape index (κ3) is 4.54. The van der Waals surface area contributed by atoms with Crippen LogP contribution in [0.15, 0.2) is 48.5 Å². The number of aliphatic hydroxyl groups excluding tert-OH is 1. The summed E-state index contributed by atoms with van der Waals surface area (Å²) in [5.74, 6) is 0.368. The third-order valence-corrected chi connectivity index (χ3v) is 5.77. The van der Waals surface area contributed by atoms with Crippen molar-refractivity contribution >= 4 is 18.3 Å². The van der Waals surface area contributed by atoms with Crippen molar-refractivity contribution < 1.29 is 14.3 Å². The van der Waals surface area contributed by atoms with Gasteiger partial charge in [0.15, 0.2) is 0 Å². The number of carbonyl (C=O) groups excluding carboxylic acids is 1. The molecule has 28 heavy (non-hydrogen) atoms. The van der Waals surface area contributed by atoms with Gasteiger partial charge in [0.1, 0.15) is 5.82 Å². The smallest absolute Gasteiger partial charge is 0.254 e. The van der Waals surface area contributed by atoms with Crippen LogP contribution in [-0.4, -0.2) is 47.0 Å². The fraction of sp³-hybridized carbons (Fsp3) is 0.409. The highest BCUT2D eigenvalue weighted by Gasteiger charge is 2.30. The first-order chi connectivity index (χ1) is 13.1. The van der Waals surface area contributed by atoms with Gasteiger partial charge in [0, 0.05) is 25.2 Å². The van der Waals surface area contributed by atoms with Crippen molar-refractivity contribution in [1.82, 2.24) is 9.80 Å². The summed E-state index contributed by atoms with van der Waals surface area (Å²) in [5.41, 5.74) is 2.72. The Bertz CT molecular complexity index is 806. The number of β-amino-alcohol motifs (C(OH)–C–C–N with tert-alkyl or cyclic N) is 1. The molecule has 4 nitrogen and oxygen atoms in total. The normalized spacial score (nSPS) is 18.6. The number of piperidine rings is 1. The summed E-state index contributed by atoms with van der Waals surface area (Å²) >= 11 is 0. The van der Waals surface area contributed by atoms with E-state index in [1.165, 1.54) is 12.1 Å². The van der Waals surface area contributed by atoms with Crippen LogP contribution in [0.5, 0.6) is 0 Å². The van der Waals surface area contributed by atoms with E-state index in [0.29, 0.717) is 12.5 Å². The van der Waals surface area contributed by atoms with Gasteiger partial charge in [-0.3, -0.25) is 4.79 Å². The summed E-state index contributed by atoms with van der Waals surface area (Å²) < 4.78 is 13.0. The first-order valence-electron chi connectivity index (χ1n) is 9.63. The van der Waals surface area contributed by atoms with Crippen LogP contribution in [0.4, 0.5) is 4.39 Å². The van der Waals surface area contributed by atoms with Crippen molar-refractivity contribution in [2.45, 2.75) is 25.5 Å². The van der Waals surface area contributed by atoms with Crippen molar-refractivity contribution in [3.8, 4) is 0 Å². The van der Waals surface area contributed by atoms with Gasteiger partial charge in [0.2, 0.25) is 0 Å². The van der Waals surface area contributed by atoms with Crippen molar-refractivity contribution in [1.29, 1.82) is 0 Å². The summed E-state index contributed by atoms with van der Waals surface area (Å²) in [7, 11) is 0. The summed E-state index contributed by atoms with van der Waals surface area (Å²) in [4.78, 5) is 16.7. The van der Waals surface area contributed by atoms with Crippen LogP contribution in [0.2, 0.25) is 0 Å². The Morgan fingerprint density at radius 2 is 1.75 bits per heavy atom. The zero-order valence-corrected chi connectivity index (χ0v) is 16.6. The molecule has 0 radical (unpaired) electrons. The number of amides is 1. The van der Waals surface area contributed by atoms with Crippen molar-refractivity contribution in [3.63, 3.8) is 0 Å². The molecule has 2 aromatic rings. The fourth-order valence-corrected chi connectivity index (χ4v) is 4.16. The van der Waals surface area contributed by atoms with E-state index in [0.717, 1.165) is 55.7 Å². The molecule has 0 aliphatic carbocycles. The molecule has 4 rings (SSSR count). The second kappa shape index (κ2) is 9.03. The van der Waals surface area contributed by atoms with Crippen LogP contribution in [0.25, 0.3) is 0 Å². The number of nitrogens with zero attached hydrogens (tertiary/aromatic N) is 2. The molecule has 1 atom stereocenters. The van der Waals surface area contributed by atoms with E-state index in [9.17, 15) is 14.3 Å². The zero-order chi connectivity index (χ0) is 18.8. The first kappa shape index (κ1) is 20.8. The van der Waals surface area contributed by atoms with Crippen LogP contribution in [0, 0.1) is 11.7 Å². The molecule has 0 spiro atoms. The lowest BCUT2D eigenvalue weighted by molar-refractivity contribution is 0.0654. The number of hydrogen-bond donors (Lipinski definition) is 1. The molecule has 0 unspecified atom stereocenters. The second-order valence-corrected chi connectivity index (χ2v) is 7.65. The molecule has 2 aliphatic heterocycles. The molecule has 0 bridgehead atoms. The molecule has 2 aliphatic rings. The molecular weight excluding hydrogens is 379 g/mol. The topological polar surface area (TPSA) is 43.8 Å². The minimum atomic E-state index is -0.600. The van der Waals surface area contributed by atoms with Gasteiger partial charge >= 0.3 is 0 Å². The Balaban J connectivity index is 0.00000225. The van der Waals surface area contributed by atoms with E-state index in [1.807, 2.05) is 29.2 Å². The van der Waals surface area contributed by atoms with Crippen LogP contribution >= 0.6 is 12.4 Å². The van der Waals surface area contributed by atoms with Crippen molar-refractivity contribution in [2.75, 3.05) is 26.2 Å². The number of rotatable bonds is 5. The number of halogens is 2. The lowest BCUT2D eigenvalue weighted by Crippen LogP contribution is -2.40. The highest BCUT2D eigenvalue weighted by atomic mass is 35.5. The van der Waals surface area contributed by atoms with E-state index >= 15 is 0 Å². The van der Waals surface area contributed by atoms with Gasteiger partial charge in [-0.1, -0.05) is 30.3 Å². The molecule has 1 fully saturated rings. The van der Waals surface area contributed by atoms with Crippen LogP contribution in [0.1, 0.15) is 40.4 Å². The Morgan fingerprint density at radius 1 is 1.07 bits per heavy atom. The zero-order valence-electron chi connectivity index (χ0n) is 15.8. The van der Waals surface area contributed by atoms with E-state index in [-0.39, 0.29) is 24.1 Å². The molecule has 1 saturated heterocycles. The van der Waals surface area contributed by atoms with E-state index in [2.05, 4.69) is 4.90 Å². The highest BCUT2D eigenvalue weighted by molar-refractivity contribution is 5.98. The number of fused-ring (bicyclic) bond motifs is 1. The van der Waals surface area contributed by atoms with Gasteiger partial charge in [0.05, 0.1) is 6.10 Å². The number of benzene rings is 2. The molecule has 6 heteroatoms. The third-order valence-electron chi connectivity index (χ3n) is 5.77. The minimum absolute atomic E-state index is 0. The maximum absolute atomic E-state index is 13.0. The van der Waals surface area contributed by atoms with E-state index in [4.69, 9.17) is 0 Å². The van der Waals surface area contributed by atoms with Gasteiger partial charge in [0.25, 0.3) is 5.91 Å². The first-order valence-corrected chi connectivity index (χ1v) is 9.63. The van der Waals surface area contributed by atoms with Crippen LogP contribution in [0.3, 0.4) is 0 Å². The van der Waals surface area contributed by atoms with Crippen molar-refractivity contribution in [3.05, 3.63) is 71.0 Å². The lowest BCUT2D eigenvalue weighted by atomic mass is 9.95. The average molecular weight is 405 g/mol. The predicted octanol–water partition coefficient (Wildman–Crippen LogP) is 3.65. The standard InChI is InChI=1S/C22H25FN2O2.ClH/c23-19-7-5-17(6-8-19)21(26)15-24-11-9-16(10-12-24)13-25-14-18-3-1-2-4-20(18)22(25)27;/h1-8,16,21,26H,9-15H2;1H/t21-;/m0./s1. The van der Waals surface area contributed by atoms with Crippen LogP contribution < -0.4 is 0 Å². The fourth-order valence-electron chi connectivity index (χ4n) is 4.16. The van der Waals surface area contributed by atoms with Gasteiger partial charge in [-0.05, 0) is 61.2 Å². The molecular formula is C22H26ClFN2O2. The summed E-state index contributed by atoms with van der Waals surface area (Å²) in [6.07, 6.45) is 1.45. The Hall–Kier alpha value is -1.95. The van der Waals surface area contributed by atoms with E-state index < -0.39 is 6.10 Å². The predicted molar refractivity (Wildman–Crippen MR) is 109 cm³/mol. The largest absolute Gasteiger partial charge is 0.387 e. The Labute approximate surface area is 171 Å². The lowest BCUT2D eigenvalue weighted by Gasteiger charge is -2.34. The molecule has 0 saturated carbocycles. The van der Waals surface area contributed by atoms with Crippen LogP contribution in [-0.2, 0) is 6.54 Å². The SMILES string of the molecule is Cl.O=C1c2ccccc2CN1CC1CCN(C[C@H](O)c2ccc(F)cc2)CC1. The van der Waals surface area contributed by atoms with Crippen molar-refractivity contribution in [2.24, 2.45) is 5.92 Å². The Kier molecular flexibility index (Phi) is 6.70. The number of hydrogen-bond acceptors (Lipinski definition) is 3. The second-order valence-electron chi connectivity index (χ2n) is 7.65. The van der Waals surface area contributed by atoms with Gasteiger partial charge in [-0.25, -0.2) is 4.39 Å². The molecule has 1 N–H and O–H groups in total. The number of carbonyl (C=O) groups is 1. The quantitative estimate of drug-likeness (QED) is 0.827. The molecule has 1 amide bonds. The maximum Gasteiger partial charge on any atom is 0.254 e. The van der Waals surface area contributed by atoms with Gasteiger partial charge in [-0.15, -0.1) is 12.4 Å². The molecule has 150 valence electrons. The monoisotopic (exact) mass is 404 g/mol.